The van der Waals surface area contributed by atoms with Crippen LogP contribution in [0.2, 0.25) is 5.15 Å². The molecule has 0 spiro atoms. The lowest BCUT2D eigenvalue weighted by Crippen LogP contribution is -2.20. The van der Waals surface area contributed by atoms with Gasteiger partial charge in [0.25, 0.3) is 0 Å². The van der Waals surface area contributed by atoms with Crippen LogP contribution in [0.3, 0.4) is 0 Å². The van der Waals surface area contributed by atoms with Crippen molar-refractivity contribution in [2.45, 2.75) is 33.6 Å². The lowest BCUT2D eigenvalue weighted by molar-refractivity contribution is 0.762. The summed E-state index contributed by atoms with van der Waals surface area (Å²) in [6, 6.07) is 0. The van der Waals surface area contributed by atoms with Gasteiger partial charge in [0.2, 0.25) is 0 Å². The molecule has 0 saturated carbocycles. The summed E-state index contributed by atoms with van der Waals surface area (Å²) in [6.45, 7) is 9.08. The minimum Gasteiger partial charge on any atom is -0.360 e. The summed E-state index contributed by atoms with van der Waals surface area (Å²) < 4.78 is 0. The monoisotopic (exact) mass is 227 g/mol. The van der Waals surface area contributed by atoms with Crippen molar-refractivity contribution in [3.63, 3.8) is 0 Å². The first-order valence-corrected chi connectivity index (χ1v) is 5.60. The molecule has 84 valence electrons. The van der Waals surface area contributed by atoms with Crippen molar-refractivity contribution < 1.29 is 0 Å². The van der Waals surface area contributed by atoms with E-state index in [0.29, 0.717) is 11.1 Å². The summed E-state index contributed by atoms with van der Waals surface area (Å²) in [4.78, 5) is 10.9. The fourth-order valence-corrected chi connectivity index (χ4v) is 1.44. The highest BCUT2D eigenvalue weighted by atomic mass is 35.5. The number of hydrogen-bond acceptors (Lipinski definition) is 3. The number of halogens is 1. The van der Waals surface area contributed by atoms with Gasteiger partial charge in [0.1, 0.15) is 16.8 Å². The molecule has 0 saturated heterocycles. The standard InChI is InChI=1S/C11H18ClN3/c1-6-15(5)11-8(4)9(12)13-10(14-11)7(2)3/h7H,6H2,1-5H3. The summed E-state index contributed by atoms with van der Waals surface area (Å²) in [5.74, 6) is 2.04. The van der Waals surface area contributed by atoms with E-state index in [2.05, 4.69) is 35.6 Å². The van der Waals surface area contributed by atoms with Crippen molar-refractivity contribution in [1.29, 1.82) is 0 Å². The van der Waals surface area contributed by atoms with Crippen LogP contribution in [0.25, 0.3) is 0 Å². The number of hydrogen-bond donors (Lipinski definition) is 0. The first-order valence-electron chi connectivity index (χ1n) is 5.22. The molecule has 0 aromatic carbocycles. The molecule has 1 heterocycles. The molecule has 1 aromatic heterocycles. The molecule has 1 rings (SSSR count). The van der Waals surface area contributed by atoms with Crippen LogP contribution in [-0.2, 0) is 0 Å². The summed E-state index contributed by atoms with van der Waals surface area (Å²) in [6.07, 6.45) is 0. The summed E-state index contributed by atoms with van der Waals surface area (Å²) in [7, 11) is 2.01. The molecular weight excluding hydrogens is 210 g/mol. The van der Waals surface area contributed by atoms with Crippen molar-refractivity contribution in [2.24, 2.45) is 0 Å². The zero-order valence-electron chi connectivity index (χ0n) is 10.0. The van der Waals surface area contributed by atoms with Gasteiger partial charge in [-0.3, -0.25) is 0 Å². The van der Waals surface area contributed by atoms with Gasteiger partial charge in [-0.2, -0.15) is 0 Å². The molecule has 0 N–H and O–H groups in total. The van der Waals surface area contributed by atoms with Crippen molar-refractivity contribution in [2.75, 3.05) is 18.5 Å². The quantitative estimate of drug-likeness (QED) is 0.744. The van der Waals surface area contributed by atoms with E-state index in [-0.39, 0.29) is 0 Å². The van der Waals surface area contributed by atoms with E-state index in [1.807, 2.05) is 14.0 Å². The Kier molecular flexibility index (Phi) is 3.91. The SMILES string of the molecule is CCN(C)c1nc(C(C)C)nc(Cl)c1C. The van der Waals surface area contributed by atoms with E-state index >= 15 is 0 Å². The maximum atomic E-state index is 6.09. The van der Waals surface area contributed by atoms with Crippen LogP contribution in [0.5, 0.6) is 0 Å². The molecular formula is C11H18ClN3. The zero-order chi connectivity index (χ0) is 11.6. The normalized spacial score (nSPS) is 10.9. The maximum Gasteiger partial charge on any atom is 0.137 e. The zero-order valence-corrected chi connectivity index (χ0v) is 10.8. The van der Waals surface area contributed by atoms with Gasteiger partial charge >= 0.3 is 0 Å². The highest BCUT2D eigenvalue weighted by Crippen LogP contribution is 2.24. The first kappa shape index (κ1) is 12.2. The van der Waals surface area contributed by atoms with Gasteiger partial charge in [-0.1, -0.05) is 25.4 Å². The minimum absolute atomic E-state index is 0.298. The van der Waals surface area contributed by atoms with E-state index in [9.17, 15) is 0 Å². The Morgan fingerprint density at radius 2 is 1.93 bits per heavy atom. The topological polar surface area (TPSA) is 29.0 Å². The molecule has 0 radical (unpaired) electrons. The molecule has 1 aromatic rings. The lowest BCUT2D eigenvalue weighted by Gasteiger charge is -2.19. The Bertz CT molecular complexity index is 350. The van der Waals surface area contributed by atoms with Crippen molar-refractivity contribution >= 4 is 17.4 Å². The second-order valence-corrected chi connectivity index (χ2v) is 4.35. The predicted octanol–water partition coefficient (Wildman–Crippen LogP) is 3.02. The van der Waals surface area contributed by atoms with E-state index in [1.54, 1.807) is 0 Å². The number of aromatic nitrogens is 2. The lowest BCUT2D eigenvalue weighted by atomic mass is 10.2. The number of rotatable bonds is 3. The van der Waals surface area contributed by atoms with Gasteiger partial charge in [-0.25, -0.2) is 9.97 Å². The third kappa shape index (κ3) is 2.59. The van der Waals surface area contributed by atoms with Crippen LogP contribution in [-0.4, -0.2) is 23.6 Å². The third-order valence-corrected chi connectivity index (χ3v) is 2.80. The smallest absolute Gasteiger partial charge is 0.137 e. The van der Waals surface area contributed by atoms with Crippen LogP contribution in [0.15, 0.2) is 0 Å². The Labute approximate surface area is 96.5 Å². The van der Waals surface area contributed by atoms with Gasteiger partial charge in [0.15, 0.2) is 0 Å². The molecule has 4 heteroatoms. The van der Waals surface area contributed by atoms with Crippen molar-refractivity contribution in [3.8, 4) is 0 Å². The molecule has 0 atom stereocenters. The van der Waals surface area contributed by atoms with Gasteiger partial charge in [-0.05, 0) is 13.8 Å². The van der Waals surface area contributed by atoms with Crippen molar-refractivity contribution in [3.05, 3.63) is 16.5 Å². The Morgan fingerprint density at radius 3 is 2.40 bits per heavy atom. The fraction of sp³-hybridized carbons (Fsp3) is 0.636. The molecule has 0 aliphatic rings. The van der Waals surface area contributed by atoms with Crippen LogP contribution >= 0.6 is 11.6 Å². The Morgan fingerprint density at radius 1 is 1.33 bits per heavy atom. The van der Waals surface area contributed by atoms with Gasteiger partial charge < -0.3 is 4.90 Å². The molecule has 15 heavy (non-hydrogen) atoms. The average Bonchev–Trinajstić information content (AvgIpc) is 2.20. The summed E-state index contributed by atoms with van der Waals surface area (Å²) in [5.41, 5.74) is 0.949. The first-order chi connectivity index (χ1) is 6.97. The highest BCUT2D eigenvalue weighted by molar-refractivity contribution is 6.30. The number of nitrogens with zero attached hydrogens (tertiary/aromatic N) is 3. The van der Waals surface area contributed by atoms with Crippen LogP contribution < -0.4 is 4.90 Å². The third-order valence-electron chi connectivity index (χ3n) is 2.43. The predicted molar refractivity (Wildman–Crippen MR) is 64.8 cm³/mol. The Balaban J connectivity index is 3.25. The van der Waals surface area contributed by atoms with Crippen LogP contribution in [0.4, 0.5) is 5.82 Å². The second kappa shape index (κ2) is 4.79. The molecule has 3 nitrogen and oxygen atoms in total. The molecule has 0 aliphatic carbocycles. The Hall–Kier alpha value is -0.830. The fourth-order valence-electron chi connectivity index (χ4n) is 1.27. The molecule has 0 aliphatic heterocycles. The summed E-state index contributed by atoms with van der Waals surface area (Å²) in [5, 5.41) is 0.559. The average molecular weight is 228 g/mol. The van der Waals surface area contributed by atoms with Crippen molar-refractivity contribution in [1.82, 2.24) is 9.97 Å². The minimum atomic E-state index is 0.298. The number of anilines is 1. The molecule has 0 fully saturated rings. The highest BCUT2D eigenvalue weighted by Gasteiger charge is 2.13. The molecule has 0 unspecified atom stereocenters. The van der Waals surface area contributed by atoms with E-state index in [4.69, 9.17) is 11.6 Å². The van der Waals surface area contributed by atoms with E-state index < -0.39 is 0 Å². The van der Waals surface area contributed by atoms with Gasteiger partial charge in [0.05, 0.1) is 0 Å². The molecule has 0 bridgehead atoms. The van der Waals surface area contributed by atoms with Crippen LogP contribution in [0, 0.1) is 6.92 Å². The van der Waals surface area contributed by atoms with E-state index in [1.165, 1.54) is 0 Å². The molecule has 0 amide bonds. The van der Waals surface area contributed by atoms with Gasteiger partial charge in [0, 0.05) is 25.1 Å². The maximum absolute atomic E-state index is 6.09. The van der Waals surface area contributed by atoms with E-state index in [0.717, 1.165) is 23.8 Å². The van der Waals surface area contributed by atoms with Gasteiger partial charge in [-0.15, -0.1) is 0 Å². The second-order valence-electron chi connectivity index (χ2n) is 3.99. The summed E-state index contributed by atoms with van der Waals surface area (Å²) >= 11 is 6.09. The largest absolute Gasteiger partial charge is 0.360 e. The van der Waals surface area contributed by atoms with Crippen LogP contribution in [0.1, 0.15) is 38.1 Å².